The molecule has 1 aliphatic heterocycles. The van der Waals surface area contributed by atoms with Gasteiger partial charge in [-0.25, -0.2) is 4.68 Å². The molecule has 1 aromatic carbocycles. The van der Waals surface area contributed by atoms with Gasteiger partial charge in [0.25, 0.3) is 0 Å². The lowest BCUT2D eigenvalue weighted by molar-refractivity contribution is 0.0240. The highest BCUT2D eigenvalue weighted by molar-refractivity contribution is 5.68. The van der Waals surface area contributed by atoms with Crippen molar-refractivity contribution in [3.63, 3.8) is 0 Å². The lowest BCUT2D eigenvalue weighted by Gasteiger charge is -2.33. The van der Waals surface area contributed by atoms with Gasteiger partial charge in [0.15, 0.2) is 5.82 Å². The summed E-state index contributed by atoms with van der Waals surface area (Å²) in [5.41, 5.74) is 13.6. The van der Waals surface area contributed by atoms with Crippen LogP contribution in [0, 0.1) is 0 Å². The maximum absolute atomic E-state index is 5.85. The molecule has 7 nitrogen and oxygen atoms in total. The van der Waals surface area contributed by atoms with E-state index in [1.54, 1.807) is 6.07 Å². The largest absolute Gasteiger partial charge is 0.399 e. The van der Waals surface area contributed by atoms with Crippen molar-refractivity contribution in [1.82, 2.24) is 20.2 Å². The Morgan fingerprint density at radius 3 is 2.45 bits per heavy atom. The second kappa shape index (κ2) is 4.75. The zero-order valence-corrected chi connectivity index (χ0v) is 11.4. The van der Waals surface area contributed by atoms with Crippen molar-refractivity contribution in [2.24, 2.45) is 0 Å². The molecule has 2 heterocycles. The van der Waals surface area contributed by atoms with Gasteiger partial charge in [0.05, 0.1) is 5.54 Å². The predicted octanol–water partition coefficient (Wildman–Crippen LogP) is 1.03. The number of tetrazole rings is 1. The van der Waals surface area contributed by atoms with Crippen LogP contribution in [0.5, 0.6) is 0 Å². The third kappa shape index (κ3) is 2.20. The first kappa shape index (κ1) is 12.9. The highest BCUT2D eigenvalue weighted by Gasteiger charge is 2.33. The minimum Gasteiger partial charge on any atom is -0.399 e. The van der Waals surface area contributed by atoms with E-state index in [9.17, 15) is 0 Å². The lowest BCUT2D eigenvalue weighted by Crippen LogP contribution is -2.38. The van der Waals surface area contributed by atoms with Crippen LogP contribution >= 0.6 is 0 Å². The molecule has 0 atom stereocenters. The summed E-state index contributed by atoms with van der Waals surface area (Å²) in [4.78, 5) is 0. The van der Waals surface area contributed by atoms with Crippen LogP contribution in [0.1, 0.15) is 19.8 Å². The van der Waals surface area contributed by atoms with Crippen molar-refractivity contribution in [2.45, 2.75) is 25.3 Å². The molecule has 0 amide bonds. The van der Waals surface area contributed by atoms with Crippen LogP contribution in [0.3, 0.4) is 0 Å². The van der Waals surface area contributed by atoms with Gasteiger partial charge < -0.3 is 16.2 Å². The van der Waals surface area contributed by atoms with Gasteiger partial charge in [-0.2, -0.15) is 0 Å². The first-order chi connectivity index (χ1) is 9.58. The average molecular weight is 274 g/mol. The van der Waals surface area contributed by atoms with Crippen molar-refractivity contribution >= 4 is 11.4 Å². The summed E-state index contributed by atoms with van der Waals surface area (Å²) in [5, 5.41) is 12.1. The molecule has 1 aliphatic rings. The second-order valence-corrected chi connectivity index (χ2v) is 5.41. The molecule has 0 unspecified atom stereocenters. The Balaban J connectivity index is 2.05. The Labute approximate surface area is 116 Å². The van der Waals surface area contributed by atoms with Crippen LogP contribution in [-0.2, 0) is 10.3 Å². The summed E-state index contributed by atoms with van der Waals surface area (Å²) >= 11 is 0. The Kier molecular flexibility index (Phi) is 3.06. The topological polar surface area (TPSA) is 105 Å². The highest BCUT2D eigenvalue weighted by atomic mass is 16.5. The molecule has 2 aromatic rings. The van der Waals surface area contributed by atoms with Gasteiger partial charge >= 0.3 is 0 Å². The monoisotopic (exact) mass is 274 g/mol. The lowest BCUT2D eigenvalue weighted by atomic mass is 9.92. The predicted molar refractivity (Wildman–Crippen MR) is 75.8 cm³/mol. The Bertz CT molecular complexity index is 597. The van der Waals surface area contributed by atoms with E-state index in [0.29, 0.717) is 17.2 Å². The first-order valence-corrected chi connectivity index (χ1v) is 6.61. The molecule has 0 aliphatic carbocycles. The number of anilines is 2. The van der Waals surface area contributed by atoms with E-state index in [4.69, 9.17) is 16.2 Å². The molecule has 1 aromatic heterocycles. The third-order valence-electron chi connectivity index (χ3n) is 3.79. The molecular weight excluding hydrogens is 256 g/mol. The number of ether oxygens (including phenoxy) is 1. The molecule has 4 N–H and O–H groups in total. The summed E-state index contributed by atoms with van der Waals surface area (Å²) in [6.45, 7) is 3.58. The molecule has 1 saturated heterocycles. The molecule has 0 spiro atoms. The summed E-state index contributed by atoms with van der Waals surface area (Å²) in [6, 6.07) is 5.39. The number of hydrogen-bond donors (Lipinski definition) is 2. The summed E-state index contributed by atoms with van der Waals surface area (Å²) in [5.74, 6) is 0.688. The van der Waals surface area contributed by atoms with Gasteiger partial charge in [0, 0.05) is 30.2 Å². The van der Waals surface area contributed by atoms with Gasteiger partial charge in [0.1, 0.15) is 0 Å². The maximum atomic E-state index is 5.85. The van der Waals surface area contributed by atoms with E-state index >= 15 is 0 Å². The fourth-order valence-corrected chi connectivity index (χ4v) is 2.56. The van der Waals surface area contributed by atoms with E-state index in [1.807, 2.05) is 16.8 Å². The van der Waals surface area contributed by atoms with Crippen LogP contribution in [-0.4, -0.2) is 33.4 Å². The molecule has 7 heteroatoms. The number of aromatic nitrogens is 4. The normalized spacial score (nSPS) is 18.1. The molecule has 20 heavy (non-hydrogen) atoms. The van der Waals surface area contributed by atoms with E-state index in [1.165, 1.54) is 0 Å². The zero-order chi connectivity index (χ0) is 14.2. The third-order valence-corrected chi connectivity index (χ3v) is 3.79. The number of rotatable bonds is 2. The molecule has 0 saturated carbocycles. The van der Waals surface area contributed by atoms with Crippen molar-refractivity contribution in [3.05, 3.63) is 18.2 Å². The number of nitrogens with two attached hydrogens (primary N) is 2. The molecule has 3 rings (SSSR count). The minimum absolute atomic E-state index is 0.142. The maximum Gasteiger partial charge on any atom is 0.182 e. The molecule has 0 radical (unpaired) electrons. The fraction of sp³-hybridized carbons (Fsp3) is 0.462. The molecular formula is C13H18N6O. The summed E-state index contributed by atoms with van der Waals surface area (Å²) < 4.78 is 7.29. The van der Waals surface area contributed by atoms with Crippen LogP contribution in [0.4, 0.5) is 11.4 Å². The molecule has 106 valence electrons. The summed E-state index contributed by atoms with van der Waals surface area (Å²) in [6.07, 6.45) is 1.76. The quantitative estimate of drug-likeness (QED) is 0.792. The van der Waals surface area contributed by atoms with Gasteiger partial charge in [-0.15, -0.1) is 5.10 Å². The Morgan fingerprint density at radius 1 is 1.15 bits per heavy atom. The molecule has 1 fully saturated rings. The van der Waals surface area contributed by atoms with E-state index in [0.717, 1.165) is 31.6 Å². The van der Waals surface area contributed by atoms with Crippen molar-refractivity contribution < 1.29 is 4.74 Å². The van der Waals surface area contributed by atoms with E-state index < -0.39 is 0 Å². The highest BCUT2D eigenvalue weighted by Crippen LogP contribution is 2.32. The number of nitrogen functional groups attached to an aromatic ring is 2. The Morgan fingerprint density at radius 2 is 1.80 bits per heavy atom. The van der Waals surface area contributed by atoms with Crippen molar-refractivity contribution in [2.75, 3.05) is 24.7 Å². The van der Waals surface area contributed by atoms with E-state index in [-0.39, 0.29) is 5.54 Å². The zero-order valence-electron chi connectivity index (χ0n) is 11.4. The number of benzene rings is 1. The van der Waals surface area contributed by atoms with Crippen LogP contribution in [0.2, 0.25) is 0 Å². The van der Waals surface area contributed by atoms with Crippen LogP contribution < -0.4 is 11.5 Å². The van der Waals surface area contributed by atoms with Gasteiger partial charge in [0.2, 0.25) is 0 Å². The first-order valence-electron chi connectivity index (χ1n) is 6.61. The van der Waals surface area contributed by atoms with Gasteiger partial charge in [-0.05, 0) is 48.4 Å². The second-order valence-electron chi connectivity index (χ2n) is 5.41. The van der Waals surface area contributed by atoms with Gasteiger partial charge in [-0.3, -0.25) is 0 Å². The smallest absolute Gasteiger partial charge is 0.182 e. The van der Waals surface area contributed by atoms with E-state index in [2.05, 4.69) is 22.4 Å². The Hall–Kier alpha value is -2.15. The van der Waals surface area contributed by atoms with Gasteiger partial charge in [-0.1, -0.05) is 0 Å². The SMILES string of the molecule is CC1(n2nnnc2-c2cc(N)cc(N)c2)CCOCC1. The van der Waals surface area contributed by atoms with Crippen molar-refractivity contribution in [1.29, 1.82) is 0 Å². The van der Waals surface area contributed by atoms with Crippen LogP contribution in [0.25, 0.3) is 11.4 Å². The minimum atomic E-state index is -0.142. The number of nitrogens with zero attached hydrogens (tertiary/aromatic N) is 4. The van der Waals surface area contributed by atoms with Crippen LogP contribution in [0.15, 0.2) is 18.2 Å². The standard InChI is InChI=1S/C13H18N6O/c1-13(2-4-20-5-3-13)19-12(16-17-18-19)9-6-10(14)8-11(15)7-9/h6-8H,2-5,14-15H2,1H3. The summed E-state index contributed by atoms with van der Waals surface area (Å²) in [7, 11) is 0. The fourth-order valence-electron chi connectivity index (χ4n) is 2.56. The van der Waals surface area contributed by atoms with Crippen molar-refractivity contribution in [3.8, 4) is 11.4 Å². The molecule has 0 bridgehead atoms. The average Bonchev–Trinajstić information content (AvgIpc) is 2.88. The number of hydrogen-bond acceptors (Lipinski definition) is 6.